The zero-order chi connectivity index (χ0) is 25.4. The van der Waals surface area contributed by atoms with Crippen LogP contribution in [0.15, 0.2) is 53.3 Å². The minimum atomic E-state index is -0.317. The molecule has 2 aromatic carbocycles. The number of aromatic nitrogens is 5. The van der Waals surface area contributed by atoms with Crippen molar-refractivity contribution in [3.05, 3.63) is 75.8 Å². The molecule has 37 heavy (non-hydrogen) atoms. The predicted molar refractivity (Wildman–Crippen MR) is 143 cm³/mol. The predicted octanol–water partition coefficient (Wildman–Crippen LogP) is 3.86. The normalized spacial score (nSPS) is 17.9. The molecule has 0 amide bonds. The maximum absolute atomic E-state index is 13.5. The van der Waals surface area contributed by atoms with Crippen molar-refractivity contribution in [2.45, 2.75) is 44.7 Å². The van der Waals surface area contributed by atoms with Gasteiger partial charge in [-0.05, 0) is 77.5 Å². The van der Waals surface area contributed by atoms with Crippen LogP contribution in [0.3, 0.4) is 0 Å². The second-order valence-electron chi connectivity index (χ2n) is 10.2. The molecule has 4 aromatic rings. The molecule has 1 saturated carbocycles. The highest BCUT2D eigenvalue weighted by molar-refractivity contribution is 5.79. The van der Waals surface area contributed by atoms with E-state index in [0.29, 0.717) is 5.56 Å². The van der Waals surface area contributed by atoms with Crippen LogP contribution >= 0.6 is 0 Å². The third-order valence-electron chi connectivity index (χ3n) is 7.88. The molecule has 1 N–H and O–H groups in total. The Hall–Kier alpha value is -3.72. The molecular weight excluding hydrogens is 466 g/mol. The molecule has 1 aliphatic carbocycles. The van der Waals surface area contributed by atoms with Gasteiger partial charge in [0.1, 0.15) is 11.8 Å². The maximum Gasteiger partial charge on any atom is 0.253 e. The zero-order valence-corrected chi connectivity index (χ0v) is 21.4. The summed E-state index contributed by atoms with van der Waals surface area (Å²) in [6, 6.07) is 16.4. The highest BCUT2D eigenvalue weighted by atomic mass is 16.5. The van der Waals surface area contributed by atoms with Crippen molar-refractivity contribution in [2.24, 2.45) is 0 Å². The summed E-state index contributed by atoms with van der Waals surface area (Å²) < 4.78 is 7.31. The fourth-order valence-electron chi connectivity index (χ4n) is 5.85. The van der Waals surface area contributed by atoms with Crippen LogP contribution in [-0.2, 0) is 0 Å². The van der Waals surface area contributed by atoms with Crippen molar-refractivity contribution in [1.82, 2.24) is 30.1 Å². The van der Waals surface area contributed by atoms with Gasteiger partial charge in [0, 0.05) is 42.9 Å². The summed E-state index contributed by atoms with van der Waals surface area (Å²) in [6.07, 6.45) is 4.52. The highest BCUT2D eigenvalue weighted by Gasteiger charge is 2.34. The summed E-state index contributed by atoms with van der Waals surface area (Å²) in [6.45, 7) is 5.31. The van der Waals surface area contributed by atoms with Gasteiger partial charge in [-0.3, -0.25) is 9.69 Å². The molecular formula is C28H33N7O2. The van der Waals surface area contributed by atoms with Gasteiger partial charge in [0.25, 0.3) is 5.56 Å². The lowest BCUT2D eigenvalue weighted by Gasteiger charge is -2.39. The number of fused-ring (bicyclic) bond motifs is 1. The van der Waals surface area contributed by atoms with Gasteiger partial charge in [0.2, 0.25) is 0 Å². The Balaban J connectivity index is 1.36. The van der Waals surface area contributed by atoms with Gasteiger partial charge in [0.15, 0.2) is 5.82 Å². The maximum atomic E-state index is 13.5. The first-order valence-corrected chi connectivity index (χ1v) is 13.1. The van der Waals surface area contributed by atoms with Gasteiger partial charge in [-0.25, -0.2) is 4.68 Å². The van der Waals surface area contributed by atoms with E-state index in [0.717, 1.165) is 67.1 Å². The largest absolute Gasteiger partial charge is 0.497 e. The average molecular weight is 500 g/mol. The number of nitrogens with one attached hydrogen (secondary N) is 1. The van der Waals surface area contributed by atoms with Crippen molar-refractivity contribution in [2.75, 3.05) is 38.2 Å². The van der Waals surface area contributed by atoms with Gasteiger partial charge in [-0.15, -0.1) is 5.10 Å². The summed E-state index contributed by atoms with van der Waals surface area (Å²) in [5.74, 6) is 1.62. The second-order valence-corrected chi connectivity index (χ2v) is 10.2. The second kappa shape index (κ2) is 9.97. The van der Waals surface area contributed by atoms with E-state index in [2.05, 4.69) is 54.6 Å². The number of pyridine rings is 1. The number of hydrogen-bond donors (Lipinski definition) is 1. The zero-order valence-electron chi connectivity index (χ0n) is 21.4. The molecule has 0 unspecified atom stereocenters. The van der Waals surface area contributed by atoms with Crippen LogP contribution in [-0.4, -0.2) is 63.4 Å². The number of aromatic amines is 1. The summed E-state index contributed by atoms with van der Waals surface area (Å²) in [4.78, 5) is 21.4. The topological polar surface area (TPSA) is 92.2 Å². The Labute approximate surface area is 216 Å². The highest BCUT2D eigenvalue weighted by Crippen LogP contribution is 2.34. The Kier molecular flexibility index (Phi) is 6.38. The van der Waals surface area contributed by atoms with Crippen molar-refractivity contribution in [3.8, 4) is 5.75 Å². The number of rotatable bonds is 6. The summed E-state index contributed by atoms with van der Waals surface area (Å²) in [5, 5.41) is 14.0. The molecule has 3 heterocycles. The molecule has 192 valence electrons. The van der Waals surface area contributed by atoms with Gasteiger partial charge in [0.05, 0.1) is 13.2 Å². The van der Waals surface area contributed by atoms with Crippen LogP contribution in [0.2, 0.25) is 0 Å². The smallest absolute Gasteiger partial charge is 0.253 e. The van der Waals surface area contributed by atoms with Gasteiger partial charge >= 0.3 is 0 Å². The molecule has 0 bridgehead atoms. The Bertz CT molecular complexity index is 1430. The summed E-state index contributed by atoms with van der Waals surface area (Å²) in [5.41, 5.74) is 3.76. The third kappa shape index (κ3) is 4.59. The van der Waals surface area contributed by atoms with E-state index in [1.54, 1.807) is 7.11 Å². The van der Waals surface area contributed by atoms with Crippen molar-refractivity contribution >= 4 is 16.6 Å². The quantitative estimate of drug-likeness (QED) is 0.431. The first-order chi connectivity index (χ1) is 18.1. The summed E-state index contributed by atoms with van der Waals surface area (Å²) in [7, 11) is 1.68. The number of tetrazole rings is 1. The van der Waals surface area contributed by atoms with Crippen molar-refractivity contribution in [3.63, 3.8) is 0 Å². The minimum Gasteiger partial charge on any atom is -0.497 e. The lowest BCUT2D eigenvalue weighted by Crippen LogP contribution is -2.49. The number of hydrogen-bond acceptors (Lipinski definition) is 7. The fraction of sp³-hybridized carbons (Fsp3) is 0.429. The molecule has 0 spiro atoms. The van der Waals surface area contributed by atoms with E-state index in [1.165, 1.54) is 18.5 Å². The summed E-state index contributed by atoms with van der Waals surface area (Å²) >= 11 is 0. The van der Waals surface area contributed by atoms with Gasteiger partial charge in [-0.2, -0.15) is 0 Å². The van der Waals surface area contributed by atoms with Crippen molar-refractivity contribution < 1.29 is 4.74 Å². The minimum absolute atomic E-state index is 0.0818. The number of anilines is 1. The first kappa shape index (κ1) is 23.7. The van der Waals surface area contributed by atoms with E-state index in [4.69, 9.17) is 4.74 Å². The lowest BCUT2D eigenvalue weighted by atomic mass is 10.0. The monoisotopic (exact) mass is 499 g/mol. The first-order valence-electron chi connectivity index (χ1n) is 13.1. The molecule has 2 aliphatic rings. The SMILES string of the molecule is COc1ccc(N2CCN([C@H](c3cc4ccc(C)cc4[nH]c3=O)c3nnnn3C3CCCC3)CC2)cc1. The molecule has 1 atom stereocenters. The van der Waals surface area contributed by atoms with Crippen LogP contribution in [0.4, 0.5) is 5.69 Å². The Morgan fingerprint density at radius 1 is 1.00 bits per heavy atom. The van der Waals surface area contributed by atoms with E-state index >= 15 is 0 Å². The van der Waals surface area contributed by atoms with Gasteiger partial charge in [-0.1, -0.05) is 25.0 Å². The third-order valence-corrected chi connectivity index (χ3v) is 7.88. The molecule has 9 nitrogen and oxygen atoms in total. The lowest BCUT2D eigenvalue weighted by molar-refractivity contribution is 0.197. The van der Waals surface area contributed by atoms with E-state index in [1.807, 2.05) is 35.9 Å². The molecule has 2 aromatic heterocycles. The average Bonchev–Trinajstić information content (AvgIpc) is 3.62. The number of nitrogens with zero attached hydrogens (tertiary/aromatic N) is 6. The van der Waals surface area contributed by atoms with Crippen molar-refractivity contribution in [1.29, 1.82) is 0 Å². The molecule has 0 radical (unpaired) electrons. The number of piperazine rings is 1. The number of ether oxygens (including phenoxy) is 1. The number of benzene rings is 2. The van der Waals surface area contributed by atoms with E-state index in [-0.39, 0.29) is 17.6 Å². The fourth-order valence-corrected chi connectivity index (χ4v) is 5.85. The van der Waals surface area contributed by atoms with Crippen LogP contribution in [0.25, 0.3) is 10.9 Å². The molecule has 1 saturated heterocycles. The van der Waals surface area contributed by atoms with E-state index in [9.17, 15) is 4.79 Å². The van der Waals surface area contributed by atoms with Crippen LogP contribution in [0.1, 0.15) is 54.7 Å². The Morgan fingerprint density at radius 3 is 2.49 bits per heavy atom. The number of H-pyrrole nitrogens is 1. The molecule has 2 fully saturated rings. The number of aryl methyl sites for hydroxylation is 1. The standard InChI is InChI=1S/C28H33N7O2/c1-19-7-8-20-18-24(28(36)29-25(20)17-19)26(27-30-31-32-35(27)22-5-3-4-6-22)34-15-13-33(14-16-34)21-9-11-23(37-2)12-10-21/h7-12,17-18,22,26H,3-6,13-16H2,1-2H3,(H,29,36)/t26-/m1/s1. The number of methoxy groups -OCH3 is 1. The molecule has 6 rings (SSSR count). The Morgan fingerprint density at radius 2 is 1.76 bits per heavy atom. The van der Waals surface area contributed by atoms with Gasteiger partial charge < -0.3 is 14.6 Å². The molecule has 1 aliphatic heterocycles. The molecule has 9 heteroatoms. The van der Waals surface area contributed by atoms with E-state index < -0.39 is 0 Å². The van der Waals surface area contributed by atoms with Crippen LogP contribution in [0.5, 0.6) is 5.75 Å². The van der Waals surface area contributed by atoms with Crippen LogP contribution < -0.4 is 15.2 Å². The van der Waals surface area contributed by atoms with Crippen LogP contribution in [0, 0.1) is 6.92 Å².